The number of piperazine rings is 1. The van der Waals surface area contributed by atoms with E-state index in [1.165, 1.54) is 24.3 Å². The molecular weight excluding hydrogens is 714 g/mol. The number of aromatic nitrogens is 4. The lowest BCUT2D eigenvalue weighted by Gasteiger charge is -2.44. The first-order valence-corrected chi connectivity index (χ1v) is 19.0. The molecular formula is C41H43F4N7O3. The SMILES string of the molecule is C#Cc1c(F)ccc2cc(O)cc(-c3c(F)c4nc(OC[C@]5(CN(CC)CC)CC5(F)F)nc(N5[C@@H]6CC[C@H]5CN(CC5COC5)C6)c4c4cn(C)nc34)c12. The number of hydrogen-bond acceptors (Lipinski definition) is 9. The van der Waals surface area contributed by atoms with Gasteiger partial charge in [-0.25, -0.2) is 17.6 Å². The number of phenols is 1. The molecule has 4 aliphatic rings. The maximum Gasteiger partial charge on any atom is 0.319 e. The molecule has 3 aromatic carbocycles. The fourth-order valence-electron chi connectivity index (χ4n) is 9.25. The Labute approximate surface area is 316 Å². The Morgan fingerprint density at radius 1 is 1.05 bits per heavy atom. The molecule has 0 amide bonds. The molecule has 4 fully saturated rings. The number of ether oxygens (including phenoxy) is 2. The van der Waals surface area contributed by atoms with Crippen molar-refractivity contribution in [1.29, 1.82) is 0 Å². The topological polar surface area (TPSA) is 92.0 Å². The van der Waals surface area contributed by atoms with Gasteiger partial charge in [0, 0.05) is 80.2 Å². The van der Waals surface area contributed by atoms with Gasteiger partial charge < -0.3 is 24.4 Å². The van der Waals surface area contributed by atoms with Gasteiger partial charge in [0.1, 0.15) is 35.0 Å². The van der Waals surface area contributed by atoms with Crippen molar-refractivity contribution in [2.24, 2.45) is 18.4 Å². The van der Waals surface area contributed by atoms with Crippen molar-refractivity contribution in [3.05, 3.63) is 47.7 Å². The number of aromatic hydroxyl groups is 1. The van der Waals surface area contributed by atoms with E-state index in [0.717, 1.165) is 45.7 Å². The maximum atomic E-state index is 17.8. The van der Waals surface area contributed by atoms with Crippen LogP contribution in [0.15, 0.2) is 30.5 Å². The number of rotatable bonds is 11. The lowest BCUT2D eigenvalue weighted by Crippen LogP contribution is -2.56. The summed E-state index contributed by atoms with van der Waals surface area (Å²) in [5.41, 5.74) is -1.27. The third-order valence-electron chi connectivity index (χ3n) is 12.2. The third kappa shape index (κ3) is 5.85. The number of fused-ring (bicyclic) bond motifs is 6. The number of phenolic OH excluding ortho intramolecular Hbond substituents is 1. The van der Waals surface area contributed by atoms with Gasteiger partial charge in [-0.3, -0.25) is 9.58 Å². The highest BCUT2D eigenvalue weighted by atomic mass is 19.3. The molecule has 3 aliphatic heterocycles. The lowest BCUT2D eigenvalue weighted by molar-refractivity contribution is -0.0484. The molecule has 1 saturated carbocycles. The summed E-state index contributed by atoms with van der Waals surface area (Å²) < 4.78 is 76.4. The van der Waals surface area contributed by atoms with Crippen LogP contribution >= 0.6 is 0 Å². The zero-order chi connectivity index (χ0) is 38.4. The molecule has 0 spiro atoms. The van der Waals surface area contributed by atoms with Gasteiger partial charge in [-0.15, -0.1) is 6.42 Å². The second-order valence-electron chi connectivity index (χ2n) is 15.8. The van der Waals surface area contributed by atoms with Crippen molar-refractivity contribution >= 4 is 38.4 Å². The molecule has 5 heterocycles. The molecule has 2 bridgehead atoms. The first-order valence-electron chi connectivity index (χ1n) is 19.0. The molecule has 2 aromatic heterocycles. The molecule has 5 aromatic rings. The average molecular weight is 758 g/mol. The van der Waals surface area contributed by atoms with E-state index in [9.17, 15) is 5.11 Å². The summed E-state index contributed by atoms with van der Waals surface area (Å²) in [5.74, 6) is -1.23. The highest BCUT2D eigenvalue weighted by molar-refractivity contribution is 6.18. The number of terminal acetylenes is 1. The van der Waals surface area contributed by atoms with Crippen molar-refractivity contribution in [2.75, 3.05) is 64.0 Å². The van der Waals surface area contributed by atoms with Gasteiger partial charge in [0.25, 0.3) is 5.92 Å². The van der Waals surface area contributed by atoms with Crippen molar-refractivity contribution < 1.29 is 32.1 Å². The summed E-state index contributed by atoms with van der Waals surface area (Å²) in [6, 6.07) is 5.37. The minimum absolute atomic E-state index is 0.0380. The molecule has 14 heteroatoms. The first kappa shape index (κ1) is 36.0. The number of alkyl halides is 2. The molecule has 3 atom stereocenters. The molecule has 1 aliphatic carbocycles. The Kier molecular flexibility index (Phi) is 8.63. The number of aryl methyl sites for hydroxylation is 1. The molecule has 0 radical (unpaired) electrons. The van der Waals surface area contributed by atoms with E-state index in [-0.39, 0.29) is 76.5 Å². The maximum absolute atomic E-state index is 17.8. The van der Waals surface area contributed by atoms with Gasteiger partial charge >= 0.3 is 6.01 Å². The summed E-state index contributed by atoms with van der Waals surface area (Å²) in [5, 5.41) is 17.2. The van der Waals surface area contributed by atoms with E-state index in [2.05, 4.69) is 20.7 Å². The summed E-state index contributed by atoms with van der Waals surface area (Å²) in [7, 11) is 1.72. The zero-order valence-corrected chi connectivity index (χ0v) is 31.1. The summed E-state index contributed by atoms with van der Waals surface area (Å²) >= 11 is 0. The Morgan fingerprint density at radius 3 is 2.42 bits per heavy atom. The fraction of sp³-hybridized carbons (Fsp3) is 0.488. The van der Waals surface area contributed by atoms with Crippen molar-refractivity contribution in [2.45, 2.75) is 51.1 Å². The lowest BCUT2D eigenvalue weighted by atomic mass is 9.91. The Hall–Kier alpha value is -4.71. The Morgan fingerprint density at radius 2 is 1.78 bits per heavy atom. The summed E-state index contributed by atoms with van der Waals surface area (Å²) in [4.78, 5) is 16.3. The zero-order valence-electron chi connectivity index (χ0n) is 31.1. The molecule has 3 saturated heterocycles. The minimum atomic E-state index is -2.93. The van der Waals surface area contributed by atoms with Crippen molar-refractivity contribution in [1.82, 2.24) is 29.5 Å². The van der Waals surface area contributed by atoms with Gasteiger partial charge in [0.2, 0.25) is 0 Å². The molecule has 288 valence electrons. The molecule has 9 rings (SSSR count). The van der Waals surface area contributed by atoms with Crippen LogP contribution in [0.2, 0.25) is 0 Å². The summed E-state index contributed by atoms with van der Waals surface area (Å²) in [6.07, 6.45) is 9.04. The number of anilines is 1. The molecule has 10 nitrogen and oxygen atoms in total. The fourth-order valence-corrected chi connectivity index (χ4v) is 9.25. The minimum Gasteiger partial charge on any atom is -0.508 e. The van der Waals surface area contributed by atoms with E-state index in [1.54, 1.807) is 17.9 Å². The number of benzene rings is 3. The smallest absolute Gasteiger partial charge is 0.319 e. The van der Waals surface area contributed by atoms with E-state index < -0.39 is 23.0 Å². The van der Waals surface area contributed by atoms with Gasteiger partial charge in [-0.05, 0) is 55.1 Å². The van der Waals surface area contributed by atoms with Crippen LogP contribution in [0.1, 0.15) is 38.7 Å². The first-order chi connectivity index (χ1) is 26.4. The quantitative estimate of drug-likeness (QED) is 0.122. The van der Waals surface area contributed by atoms with E-state index in [1.807, 2.05) is 18.7 Å². The van der Waals surface area contributed by atoms with Crippen LogP contribution in [0.3, 0.4) is 0 Å². The van der Waals surface area contributed by atoms with Crippen LogP contribution in [-0.2, 0) is 11.8 Å². The number of hydrogen-bond donors (Lipinski definition) is 1. The third-order valence-corrected chi connectivity index (χ3v) is 12.2. The van der Waals surface area contributed by atoms with Gasteiger partial charge in [-0.2, -0.15) is 15.1 Å². The average Bonchev–Trinajstić information content (AvgIpc) is 3.32. The predicted octanol–water partition coefficient (Wildman–Crippen LogP) is 6.35. The van der Waals surface area contributed by atoms with Crippen molar-refractivity contribution in [3.63, 3.8) is 0 Å². The Balaban J connectivity index is 1.24. The van der Waals surface area contributed by atoms with Crippen LogP contribution in [-0.4, -0.2) is 112 Å². The standard InChI is InChI=1S/C41H43F4N7O3/c1-5-28-31(42)11-8-24-12-27(53)13-29(32(24)28)33-35(43)37-34(30-17-49(4)48-36(30)33)38(52-25-9-10-26(52)16-51(15-25)14-23-18-54-19-23)47-39(46-37)55-22-40(20-41(40,44)45)21-50(6-2)7-3/h1,8,11-13,17,23,25-26,53H,6-7,9-10,14-16,18-22H2,2-4H3/t25-,26+,40-/m1/s1. The van der Waals surface area contributed by atoms with Crippen LogP contribution in [0, 0.1) is 35.3 Å². The largest absolute Gasteiger partial charge is 0.508 e. The predicted molar refractivity (Wildman–Crippen MR) is 202 cm³/mol. The van der Waals surface area contributed by atoms with Gasteiger partial charge in [0.05, 0.1) is 29.6 Å². The molecule has 1 N–H and O–H groups in total. The number of halogens is 4. The Bertz CT molecular complexity index is 2380. The second kappa shape index (κ2) is 13.2. The van der Waals surface area contributed by atoms with E-state index in [4.69, 9.17) is 26.0 Å². The highest BCUT2D eigenvalue weighted by Crippen LogP contribution is 2.61. The number of nitrogens with zero attached hydrogens (tertiary/aromatic N) is 7. The highest BCUT2D eigenvalue weighted by Gasteiger charge is 2.72. The monoisotopic (exact) mass is 757 g/mol. The molecule has 55 heavy (non-hydrogen) atoms. The normalized spacial score (nSPS) is 23.6. The molecule has 0 unspecified atom stereocenters. The van der Waals surface area contributed by atoms with E-state index >= 15 is 17.6 Å². The van der Waals surface area contributed by atoms with Gasteiger partial charge in [0.15, 0.2) is 5.82 Å². The van der Waals surface area contributed by atoms with Crippen LogP contribution in [0.4, 0.5) is 23.4 Å². The van der Waals surface area contributed by atoms with Gasteiger partial charge in [-0.1, -0.05) is 25.8 Å². The number of likely N-dealkylation sites (tertiary alicyclic amines) is 1. The summed E-state index contributed by atoms with van der Waals surface area (Å²) in [6.45, 7) is 8.87. The van der Waals surface area contributed by atoms with Crippen LogP contribution < -0.4 is 9.64 Å². The van der Waals surface area contributed by atoms with Crippen molar-refractivity contribution in [3.8, 4) is 35.2 Å². The van der Waals surface area contributed by atoms with Crippen LogP contribution in [0.25, 0.3) is 43.7 Å². The van der Waals surface area contributed by atoms with E-state index in [0.29, 0.717) is 41.0 Å². The second-order valence-corrected chi connectivity index (χ2v) is 15.8. The van der Waals surface area contributed by atoms with Crippen LogP contribution in [0.5, 0.6) is 11.8 Å².